The van der Waals surface area contributed by atoms with Crippen molar-refractivity contribution in [2.24, 2.45) is 17.8 Å². The van der Waals surface area contributed by atoms with Gasteiger partial charge in [-0.05, 0) is 95.5 Å². The van der Waals surface area contributed by atoms with Crippen molar-refractivity contribution in [3.8, 4) is 0 Å². The van der Waals surface area contributed by atoms with Gasteiger partial charge in [-0.15, -0.1) is 0 Å². The van der Waals surface area contributed by atoms with Crippen LogP contribution in [0, 0.1) is 17.8 Å². The molecule has 4 fully saturated rings. The number of allylic oxidation sites excluding steroid dienone is 1. The predicted molar refractivity (Wildman–Crippen MR) is 112 cm³/mol. The molecular formula is C23H39F2N3. The molecule has 0 aromatic heterocycles. The summed E-state index contributed by atoms with van der Waals surface area (Å²) in [6.45, 7) is 6.67. The summed E-state index contributed by atoms with van der Waals surface area (Å²) in [6, 6.07) is 0.154. The van der Waals surface area contributed by atoms with Gasteiger partial charge in [-0.2, -0.15) is 0 Å². The lowest BCUT2D eigenvalue weighted by molar-refractivity contribution is -0.102. The first-order valence-corrected chi connectivity index (χ1v) is 11.0. The molecular weight excluding hydrogens is 356 g/mol. The average molecular weight is 396 g/mol. The van der Waals surface area contributed by atoms with E-state index in [9.17, 15) is 8.78 Å². The lowest BCUT2D eigenvalue weighted by Crippen LogP contribution is -2.44. The van der Waals surface area contributed by atoms with Gasteiger partial charge in [0.2, 0.25) is 5.92 Å². The van der Waals surface area contributed by atoms with E-state index in [-0.39, 0.29) is 30.3 Å². The van der Waals surface area contributed by atoms with Gasteiger partial charge in [-0.25, -0.2) is 8.78 Å². The van der Waals surface area contributed by atoms with E-state index in [4.69, 9.17) is 0 Å². The van der Waals surface area contributed by atoms with Gasteiger partial charge in [0, 0.05) is 37.2 Å². The molecule has 0 aliphatic heterocycles. The number of likely N-dealkylation sites (N-methyl/N-ethyl adjacent to an activating group) is 1. The summed E-state index contributed by atoms with van der Waals surface area (Å²) in [6.07, 6.45) is 10.3. The Balaban J connectivity index is 1.56. The lowest BCUT2D eigenvalue weighted by Gasteiger charge is -2.41. The van der Waals surface area contributed by atoms with E-state index in [2.05, 4.69) is 29.0 Å². The Morgan fingerprint density at radius 3 is 2.46 bits per heavy atom. The van der Waals surface area contributed by atoms with Crippen molar-refractivity contribution in [1.29, 1.82) is 0 Å². The minimum absolute atomic E-state index is 0.0231. The van der Waals surface area contributed by atoms with Gasteiger partial charge in [0.1, 0.15) is 0 Å². The van der Waals surface area contributed by atoms with E-state index in [0.29, 0.717) is 0 Å². The second-order valence-electron chi connectivity index (χ2n) is 10.1. The molecule has 2 N–H and O–H groups in total. The molecule has 0 aromatic carbocycles. The van der Waals surface area contributed by atoms with E-state index in [1.807, 2.05) is 27.3 Å². The van der Waals surface area contributed by atoms with Crippen molar-refractivity contribution in [3.05, 3.63) is 24.0 Å². The van der Waals surface area contributed by atoms with Crippen molar-refractivity contribution in [3.63, 3.8) is 0 Å². The zero-order valence-corrected chi connectivity index (χ0v) is 18.2. The Kier molecular flexibility index (Phi) is 6.43. The maximum Gasteiger partial charge on any atom is 0.249 e. The summed E-state index contributed by atoms with van der Waals surface area (Å²) < 4.78 is 26.9. The van der Waals surface area contributed by atoms with Crippen LogP contribution in [0.1, 0.15) is 64.7 Å². The Bertz CT molecular complexity index is 587. The number of fused-ring (bicyclic) bond motifs is 3. The molecule has 4 aliphatic rings. The highest BCUT2D eigenvalue weighted by atomic mass is 19.3. The standard InChI is InChI=1S/C23H39F2N3/c1-16(27-22(2)9-8-17-10-18(11-17)12-22)6-7-21(28(4)5)20(15-26-3)19-13-23(24,25)14-19/h15,17-19,21,26-27H,1,6-14H2,2-5H3/b20-15-. The van der Waals surface area contributed by atoms with Crippen molar-refractivity contribution >= 4 is 0 Å². The molecule has 3 nitrogen and oxygen atoms in total. The van der Waals surface area contributed by atoms with Crippen molar-refractivity contribution in [1.82, 2.24) is 15.5 Å². The van der Waals surface area contributed by atoms with Gasteiger partial charge in [-0.3, -0.25) is 0 Å². The van der Waals surface area contributed by atoms with Crippen LogP contribution in [-0.4, -0.2) is 43.5 Å². The minimum atomic E-state index is -2.49. The van der Waals surface area contributed by atoms with Crippen LogP contribution in [0.2, 0.25) is 0 Å². The topological polar surface area (TPSA) is 27.3 Å². The molecule has 4 rings (SSSR count). The van der Waals surface area contributed by atoms with E-state index >= 15 is 0 Å². The largest absolute Gasteiger partial charge is 0.394 e. The van der Waals surface area contributed by atoms with Crippen molar-refractivity contribution < 1.29 is 8.78 Å². The van der Waals surface area contributed by atoms with E-state index < -0.39 is 5.92 Å². The number of hydrogen-bond acceptors (Lipinski definition) is 3. The van der Waals surface area contributed by atoms with Crippen LogP contribution in [0.15, 0.2) is 24.0 Å². The molecule has 0 amide bonds. The molecule has 0 aromatic rings. The molecule has 2 bridgehead atoms. The first kappa shape index (κ1) is 21.6. The van der Waals surface area contributed by atoms with Gasteiger partial charge in [0.25, 0.3) is 0 Å². The van der Waals surface area contributed by atoms with Gasteiger partial charge in [0.15, 0.2) is 0 Å². The fraction of sp³-hybridized carbons (Fsp3) is 0.826. The molecule has 160 valence electrons. The number of nitrogens with one attached hydrogen (secondary N) is 2. The average Bonchev–Trinajstić information content (AvgIpc) is 2.79. The lowest BCUT2D eigenvalue weighted by atomic mass is 9.73. The zero-order chi connectivity index (χ0) is 20.5. The van der Waals surface area contributed by atoms with Crippen LogP contribution in [0.4, 0.5) is 8.78 Å². The maximum absolute atomic E-state index is 13.5. The van der Waals surface area contributed by atoms with Gasteiger partial charge in [0.05, 0.1) is 0 Å². The number of hydrogen-bond donors (Lipinski definition) is 2. The number of alkyl halides is 2. The highest BCUT2D eigenvalue weighted by Gasteiger charge is 2.48. The quantitative estimate of drug-likeness (QED) is 0.580. The van der Waals surface area contributed by atoms with E-state index in [0.717, 1.165) is 35.9 Å². The minimum Gasteiger partial charge on any atom is -0.394 e. The van der Waals surface area contributed by atoms with E-state index in [1.165, 1.54) is 32.1 Å². The van der Waals surface area contributed by atoms with E-state index in [1.54, 1.807) is 0 Å². The maximum atomic E-state index is 13.5. The molecule has 28 heavy (non-hydrogen) atoms. The first-order valence-electron chi connectivity index (χ1n) is 11.0. The molecule has 2 atom stereocenters. The summed E-state index contributed by atoms with van der Waals surface area (Å²) in [5.74, 6) is -0.677. The number of nitrogens with zero attached hydrogens (tertiary/aromatic N) is 1. The Labute approximate surface area is 170 Å². The number of rotatable bonds is 9. The monoisotopic (exact) mass is 395 g/mol. The third kappa shape index (κ3) is 5.08. The normalized spacial score (nSPS) is 33.5. The summed E-state index contributed by atoms with van der Waals surface area (Å²) >= 11 is 0. The highest BCUT2D eigenvalue weighted by molar-refractivity contribution is 5.20. The van der Waals surface area contributed by atoms with Crippen molar-refractivity contribution in [2.75, 3.05) is 21.1 Å². The fourth-order valence-corrected chi connectivity index (χ4v) is 5.72. The summed E-state index contributed by atoms with van der Waals surface area (Å²) in [5.41, 5.74) is 2.37. The fourth-order valence-electron chi connectivity index (χ4n) is 5.72. The second kappa shape index (κ2) is 8.33. The van der Waals surface area contributed by atoms with Crippen LogP contribution < -0.4 is 10.6 Å². The summed E-state index contributed by atoms with van der Waals surface area (Å²) in [4.78, 5) is 2.16. The molecule has 0 heterocycles. The third-order valence-electron chi connectivity index (χ3n) is 7.26. The van der Waals surface area contributed by atoms with Crippen LogP contribution in [0.25, 0.3) is 0 Å². The number of halogens is 2. The predicted octanol–water partition coefficient (Wildman–Crippen LogP) is 4.92. The third-order valence-corrected chi connectivity index (χ3v) is 7.26. The molecule has 0 spiro atoms. The van der Waals surface area contributed by atoms with Gasteiger partial charge >= 0.3 is 0 Å². The molecule has 2 unspecified atom stereocenters. The van der Waals surface area contributed by atoms with Crippen molar-refractivity contribution in [2.45, 2.75) is 82.2 Å². The van der Waals surface area contributed by atoms with Crippen LogP contribution in [0.3, 0.4) is 0 Å². The Hall–Kier alpha value is -1.10. The zero-order valence-electron chi connectivity index (χ0n) is 18.2. The highest BCUT2D eigenvalue weighted by Crippen LogP contribution is 2.48. The first-order chi connectivity index (χ1) is 13.1. The molecule has 0 saturated heterocycles. The smallest absolute Gasteiger partial charge is 0.249 e. The summed E-state index contributed by atoms with van der Waals surface area (Å²) in [5, 5.41) is 6.84. The Morgan fingerprint density at radius 1 is 1.21 bits per heavy atom. The van der Waals surface area contributed by atoms with Gasteiger partial charge < -0.3 is 15.5 Å². The second-order valence-corrected chi connectivity index (χ2v) is 10.1. The molecule has 4 saturated carbocycles. The van der Waals surface area contributed by atoms with Crippen LogP contribution in [-0.2, 0) is 0 Å². The molecule has 4 aliphatic carbocycles. The van der Waals surface area contributed by atoms with Crippen LogP contribution in [0.5, 0.6) is 0 Å². The SMILES string of the molecule is C=C(CCC(/C(=C\NC)C1CC(F)(F)C1)N(C)C)NC1(C)CCC2CC(C2)C1. The van der Waals surface area contributed by atoms with Crippen LogP contribution >= 0.6 is 0 Å². The van der Waals surface area contributed by atoms with Gasteiger partial charge in [-0.1, -0.05) is 6.58 Å². The summed E-state index contributed by atoms with van der Waals surface area (Å²) in [7, 11) is 5.93. The molecule has 5 heteroatoms. The molecule has 0 radical (unpaired) electrons. The Morgan fingerprint density at radius 2 is 1.89 bits per heavy atom.